The van der Waals surface area contributed by atoms with E-state index >= 15 is 0 Å². The Balaban J connectivity index is 1.42. The molecule has 5 nitrogen and oxygen atoms in total. The number of nitrogens with one attached hydrogen (secondary N) is 1. The lowest BCUT2D eigenvalue weighted by Crippen LogP contribution is -2.30. The summed E-state index contributed by atoms with van der Waals surface area (Å²) in [5.41, 5.74) is 3.31. The maximum atomic E-state index is 12.5. The normalized spacial score (nSPS) is 14.4. The number of carbonyl (C=O) groups is 1. The fraction of sp³-hybridized carbons (Fsp3) is 0.391. The van der Waals surface area contributed by atoms with Crippen LogP contribution in [0, 0.1) is 0 Å². The lowest BCUT2D eigenvalue weighted by Gasteiger charge is -2.27. The molecule has 1 N–H and O–H groups in total. The standard InChI is InChI=1S/C23H28N4O/c1-2-18-6-8-19(9-7-18)16-24-22(28)17-27-15-12-20-10-11-21(25-23(20)27)26-13-4-3-5-14-26/h6-12,15H,2-5,13-14,16-17H2,1H3,(H,24,28). The summed E-state index contributed by atoms with van der Waals surface area (Å²) in [6.45, 7) is 5.11. The van der Waals surface area contributed by atoms with Gasteiger partial charge in [-0.15, -0.1) is 0 Å². The maximum absolute atomic E-state index is 12.5. The number of amides is 1. The topological polar surface area (TPSA) is 50.2 Å². The minimum atomic E-state index is 0.00208. The number of fused-ring (bicyclic) bond motifs is 1. The number of hydrogen-bond donors (Lipinski definition) is 1. The van der Waals surface area contributed by atoms with E-state index in [2.05, 4.69) is 53.5 Å². The fourth-order valence-corrected chi connectivity index (χ4v) is 3.78. The van der Waals surface area contributed by atoms with Crippen LogP contribution in [0.3, 0.4) is 0 Å². The number of aromatic nitrogens is 2. The van der Waals surface area contributed by atoms with Crippen molar-refractivity contribution in [2.75, 3.05) is 18.0 Å². The van der Waals surface area contributed by atoms with Crippen molar-refractivity contribution in [3.63, 3.8) is 0 Å². The molecule has 1 aromatic carbocycles. The Morgan fingerprint density at radius 1 is 1.00 bits per heavy atom. The second-order valence-corrected chi connectivity index (χ2v) is 7.52. The van der Waals surface area contributed by atoms with E-state index in [0.29, 0.717) is 6.54 Å². The molecule has 0 bridgehead atoms. The Labute approximate surface area is 166 Å². The second-order valence-electron chi connectivity index (χ2n) is 7.52. The van der Waals surface area contributed by atoms with Gasteiger partial charge in [0.25, 0.3) is 0 Å². The number of nitrogens with zero attached hydrogens (tertiary/aromatic N) is 3. The first-order chi connectivity index (χ1) is 13.7. The molecule has 0 unspecified atom stereocenters. The minimum Gasteiger partial charge on any atom is -0.357 e. The van der Waals surface area contributed by atoms with E-state index in [1.54, 1.807) is 0 Å². The average Bonchev–Trinajstić information content (AvgIpc) is 3.15. The molecule has 1 fully saturated rings. The summed E-state index contributed by atoms with van der Waals surface area (Å²) in [5.74, 6) is 1.02. The average molecular weight is 377 g/mol. The first-order valence-electron chi connectivity index (χ1n) is 10.3. The van der Waals surface area contributed by atoms with Crippen molar-refractivity contribution in [2.24, 2.45) is 0 Å². The van der Waals surface area contributed by atoms with Crippen molar-refractivity contribution in [1.82, 2.24) is 14.9 Å². The molecule has 28 heavy (non-hydrogen) atoms. The predicted octanol–water partition coefficient (Wildman–Crippen LogP) is 3.91. The molecule has 1 amide bonds. The molecule has 0 radical (unpaired) electrons. The monoisotopic (exact) mass is 376 g/mol. The molecule has 4 rings (SSSR count). The van der Waals surface area contributed by atoms with Gasteiger partial charge in [-0.2, -0.15) is 0 Å². The summed E-state index contributed by atoms with van der Waals surface area (Å²) >= 11 is 0. The third-order valence-electron chi connectivity index (χ3n) is 5.51. The van der Waals surface area contributed by atoms with Gasteiger partial charge in [0.1, 0.15) is 18.0 Å². The van der Waals surface area contributed by atoms with Crippen LogP contribution >= 0.6 is 0 Å². The molecule has 3 aromatic rings. The van der Waals surface area contributed by atoms with Gasteiger partial charge in [0.2, 0.25) is 5.91 Å². The molecule has 0 saturated carbocycles. The maximum Gasteiger partial charge on any atom is 0.240 e. The molecule has 1 saturated heterocycles. The van der Waals surface area contributed by atoms with E-state index < -0.39 is 0 Å². The highest BCUT2D eigenvalue weighted by molar-refractivity contribution is 5.82. The summed E-state index contributed by atoms with van der Waals surface area (Å²) < 4.78 is 1.94. The van der Waals surface area contributed by atoms with Gasteiger partial charge in [-0.3, -0.25) is 4.79 Å². The van der Waals surface area contributed by atoms with Gasteiger partial charge < -0.3 is 14.8 Å². The van der Waals surface area contributed by atoms with Crippen LogP contribution in [0.4, 0.5) is 5.82 Å². The van der Waals surface area contributed by atoms with Crippen molar-refractivity contribution in [3.8, 4) is 0 Å². The third-order valence-corrected chi connectivity index (χ3v) is 5.51. The van der Waals surface area contributed by atoms with Gasteiger partial charge in [-0.05, 0) is 55.0 Å². The van der Waals surface area contributed by atoms with Gasteiger partial charge in [0, 0.05) is 31.2 Å². The van der Waals surface area contributed by atoms with Crippen LogP contribution in [0.5, 0.6) is 0 Å². The molecular weight excluding hydrogens is 348 g/mol. The second kappa shape index (κ2) is 8.46. The molecule has 0 atom stereocenters. The Kier molecular flexibility index (Phi) is 5.60. The number of pyridine rings is 1. The smallest absolute Gasteiger partial charge is 0.240 e. The number of carbonyl (C=O) groups excluding carboxylic acids is 1. The molecule has 2 aromatic heterocycles. The molecule has 5 heteroatoms. The minimum absolute atomic E-state index is 0.00208. The van der Waals surface area contributed by atoms with Crippen LogP contribution in [-0.2, 0) is 24.3 Å². The molecule has 1 aliphatic rings. The van der Waals surface area contributed by atoms with Crippen LogP contribution in [0.2, 0.25) is 0 Å². The number of piperidine rings is 1. The summed E-state index contributed by atoms with van der Waals surface area (Å²) in [6.07, 6.45) is 6.73. The van der Waals surface area contributed by atoms with E-state index in [1.807, 2.05) is 16.8 Å². The number of benzene rings is 1. The van der Waals surface area contributed by atoms with Gasteiger partial charge in [0.05, 0.1) is 0 Å². The summed E-state index contributed by atoms with van der Waals surface area (Å²) in [7, 11) is 0. The molecule has 0 spiro atoms. The number of hydrogen-bond acceptors (Lipinski definition) is 3. The fourth-order valence-electron chi connectivity index (χ4n) is 3.78. The molecule has 0 aliphatic carbocycles. The lowest BCUT2D eigenvalue weighted by atomic mass is 10.1. The van der Waals surface area contributed by atoms with E-state index in [1.165, 1.54) is 24.8 Å². The SMILES string of the molecule is CCc1ccc(CNC(=O)Cn2ccc3ccc(N4CCCCC4)nc32)cc1. The van der Waals surface area contributed by atoms with Crippen molar-refractivity contribution >= 4 is 22.8 Å². The highest BCUT2D eigenvalue weighted by Gasteiger charge is 2.14. The number of anilines is 1. The van der Waals surface area contributed by atoms with Crippen molar-refractivity contribution in [3.05, 3.63) is 59.8 Å². The van der Waals surface area contributed by atoms with Crippen LogP contribution in [0.15, 0.2) is 48.7 Å². The molecule has 1 aliphatic heterocycles. The first kappa shape index (κ1) is 18.5. The number of rotatable bonds is 6. The molecule has 146 valence electrons. The Morgan fingerprint density at radius 3 is 2.50 bits per heavy atom. The van der Waals surface area contributed by atoms with Gasteiger partial charge in [0.15, 0.2) is 0 Å². The van der Waals surface area contributed by atoms with Crippen molar-refractivity contribution in [1.29, 1.82) is 0 Å². The summed E-state index contributed by atoms with van der Waals surface area (Å²) in [6, 6.07) is 14.6. The van der Waals surface area contributed by atoms with Crippen LogP contribution in [0.25, 0.3) is 11.0 Å². The zero-order valence-corrected chi connectivity index (χ0v) is 16.5. The van der Waals surface area contributed by atoms with Crippen LogP contribution in [0.1, 0.15) is 37.3 Å². The molecule has 3 heterocycles. The highest BCUT2D eigenvalue weighted by atomic mass is 16.1. The highest BCUT2D eigenvalue weighted by Crippen LogP contribution is 2.22. The quantitative estimate of drug-likeness (QED) is 0.710. The largest absolute Gasteiger partial charge is 0.357 e. The predicted molar refractivity (Wildman–Crippen MR) is 113 cm³/mol. The van der Waals surface area contributed by atoms with Gasteiger partial charge >= 0.3 is 0 Å². The zero-order chi connectivity index (χ0) is 19.3. The van der Waals surface area contributed by atoms with Crippen molar-refractivity contribution in [2.45, 2.75) is 45.7 Å². The summed E-state index contributed by atoms with van der Waals surface area (Å²) in [5, 5.41) is 4.09. The number of aryl methyl sites for hydroxylation is 1. The van der Waals surface area contributed by atoms with E-state index in [0.717, 1.165) is 41.9 Å². The van der Waals surface area contributed by atoms with Gasteiger partial charge in [-0.25, -0.2) is 4.98 Å². The third kappa shape index (κ3) is 4.19. The van der Waals surface area contributed by atoms with E-state index in [-0.39, 0.29) is 12.5 Å². The van der Waals surface area contributed by atoms with E-state index in [4.69, 9.17) is 4.98 Å². The van der Waals surface area contributed by atoms with E-state index in [9.17, 15) is 4.79 Å². The van der Waals surface area contributed by atoms with Crippen LogP contribution in [-0.4, -0.2) is 28.5 Å². The van der Waals surface area contributed by atoms with Crippen LogP contribution < -0.4 is 10.2 Å². The van der Waals surface area contributed by atoms with Gasteiger partial charge in [-0.1, -0.05) is 31.2 Å². The Bertz CT molecular complexity index is 939. The lowest BCUT2D eigenvalue weighted by molar-refractivity contribution is -0.121. The first-order valence-corrected chi connectivity index (χ1v) is 10.3. The zero-order valence-electron chi connectivity index (χ0n) is 16.5. The summed E-state index contributed by atoms with van der Waals surface area (Å²) in [4.78, 5) is 19.7. The van der Waals surface area contributed by atoms with Crippen molar-refractivity contribution < 1.29 is 4.79 Å². The Morgan fingerprint density at radius 2 is 1.75 bits per heavy atom. The Hall–Kier alpha value is -2.82. The molecular formula is C23H28N4O.